The Labute approximate surface area is 77.3 Å². The van der Waals surface area contributed by atoms with Crippen molar-refractivity contribution in [1.82, 2.24) is 0 Å². The van der Waals surface area contributed by atoms with E-state index in [1.165, 1.54) is 12.1 Å². The van der Waals surface area contributed by atoms with E-state index in [0.717, 1.165) is 13.7 Å². The normalized spacial score (nSPS) is 11.2. The van der Waals surface area contributed by atoms with E-state index in [4.69, 9.17) is 5.26 Å². The van der Waals surface area contributed by atoms with Crippen LogP contribution in [0.15, 0.2) is 29.2 Å². The van der Waals surface area contributed by atoms with Gasteiger partial charge in [0.25, 0.3) is 0 Å². The summed E-state index contributed by atoms with van der Waals surface area (Å²) < 4.78 is 22.1. The topological polar surface area (TPSA) is 63.6 Å². The molecule has 0 atom stereocenters. The summed E-state index contributed by atoms with van der Waals surface area (Å²) in [6.07, 6.45) is 1.12. The third-order valence-corrected chi connectivity index (χ3v) is 2.59. The van der Waals surface area contributed by atoms with E-state index in [-0.39, 0.29) is 4.90 Å². The van der Waals surface area contributed by atoms with E-state index >= 15 is 0 Å². The number of sulfone groups is 1. The molecule has 0 saturated carbocycles. The van der Waals surface area contributed by atoms with Gasteiger partial charge < -0.3 is 4.81 Å². The molecule has 0 aromatic heterocycles. The van der Waals surface area contributed by atoms with E-state index in [2.05, 4.69) is 4.81 Å². The van der Waals surface area contributed by atoms with Crippen LogP contribution in [0, 0.1) is 0 Å². The SMILES string of the molecule is CS(=O)(=O)c1cccc([B]OO)c1. The van der Waals surface area contributed by atoms with Crippen LogP contribution in [0.2, 0.25) is 0 Å². The molecule has 0 amide bonds. The highest BCUT2D eigenvalue weighted by atomic mass is 32.2. The summed E-state index contributed by atoms with van der Waals surface area (Å²) >= 11 is 0. The highest BCUT2D eigenvalue weighted by molar-refractivity contribution is 7.90. The summed E-state index contributed by atoms with van der Waals surface area (Å²) in [5.41, 5.74) is 0.491. The van der Waals surface area contributed by atoms with Crippen molar-refractivity contribution in [3.63, 3.8) is 0 Å². The molecule has 4 nitrogen and oxygen atoms in total. The van der Waals surface area contributed by atoms with Gasteiger partial charge in [-0.1, -0.05) is 12.1 Å². The molecule has 69 valence electrons. The lowest BCUT2D eigenvalue weighted by Gasteiger charge is -2.00. The second kappa shape index (κ2) is 3.91. The van der Waals surface area contributed by atoms with Gasteiger partial charge in [0.1, 0.15) is 0 Å². The summed E-state index contributed by atoms with van der Waals surface area (Å²) in [7, 11) is -2.15. The molecular weight excluding hydrogens is 191 g/mol. The lowest BCUT2D eigenvalue weighted by Crippen LogP contribution is -2.17. The molecule has 1 aromatic rings. The predicted octanol–water partition coefficient (Wildman–Crippen LogP) is -0.176. The number of hydrogen-bond donors (Lipinski definition) is 1. The average molecular weight is 199 g/mol. The maximum atomic E-state index is 11.1. The molecule has 6 heteroatoms. The molecule has 0 spiro atoms. The Morgan fingerprint density at radius 2 is 2.15 bits per heavy atom. The number of hydrogen-bond acceptors (Lipinski definition) is 4. The summed E-state index contributed by atoms with van der Waals surface area (Å²) in [4.78, 5) is 3.97. The van der Waals surface area contributed by atoms with Crippen LogP contribution in [0.5, 0.6) is 0 Å². The van der Waals surface area contributed by atoms with Gasteiger partial charge in [0.15, 0.2) is 9.84 Å². The van der Waals surface area contributed by atoms with Crippen molar-refractivity contribution >= 4 is 22.8 Å². The quantitative estimate of drug-likeness (QED) is 0.416. The van der Waals surface area contributed by atoms with Crippen LogP contribution in [0.3, 0.4) is 0 Å². The third-order valence-electron chi connectivity index (χ3n) is 1.48. The van der Waals surface area contributed by atoms with Crippen molar-refractivity contribution in [2.45, 2.75) is 4.90 Å². The van der Waals surface area contributed by atoms with Crippen molar-refractivity contribution in [3.05, 3.63) is 24.3 Å². The molecule has 13 heavy (non-hydrogen) atoms. The van der Waals surface area contributed by atoms with Gasteiger partial charge in [0, 0.05) is 6.26 Å². The first-order valence-electron chi connectivity index (χ1n) is 3.47. The van der Waals surface area contributed by atoms with Crippen molar-refractivity contribution < 1.29 is 18.5 Å². The molecule has 0 fully saturated rings. The molecule has 1 aromatic carbocycles. The molecular formula is C7H8BO4S. The lowest BCUT2D eigenvalue weighted by molar-refractivity contribution is -0.135. The molecule has 1 rings (SSSR count). The van der Waals surface area contributed by atoms with Crippen LogP contribution in [0.1, 0.15) is 0 Å². The van der Waals surface area contributed by atoms with E-state index in [9.17, 15) is 8.42 Å². The molecule has 0 unspecified atom stereocenters. The van der Waals surface area contributed by atoms with Gasteiger partial charge >= 0.3 is 7.48 Å². The molecule has 0 bridgehead atoms. The Hall–Kier alpha value is -0.845. The zero-order valence-electron chi connectivity index (χ0n) is 6.97. The van der Waals surface area contributed by atoms with Gasteiger partial charge in [-0.15, -0.1) is 0 Å². The predicted molar refractivity (Wildman–Crippen MR) is 48.7 cm³/mol. The van der Waals surface area contributed by atoms with E-state index in [1.54, 1.807) is 12.1 Å². The minimum atomic E-state index is -3.20. The zero-order chi connectivity index (χ0) is 9.90. The van der Waals surface area contributed by atoms with E-state index in [0.29, 0.717) is 5.46 Å². The smallest absolute Gasteiger partial charge is 0.307 e. The van der Waals surface area contributed by atoms with Crippen LogP contribution >= 0.6 is 0 Å². The molecule has 0 aliphatic rings. The molecule has 1 N–H and O–H groups in total. The van der Waals surface area contributed by atoms with Crippen LogP contribution in [0.25, 0.3) is 0 Å². The van der Waals surface area contributed by atoms with E-state index in [1.807, 2.05) is 0 Å². The Bertz CT molecular complexity index is 387. The Balaban J connectivity index is 3.06. The van der Waals surface area contributed by atoms with Crippen LogP contribution in [0.4, 0.5) is 0 Å². The standard InChI is InChI=1S/C7H8BO4S/c1-13(10,11)7-4-2-3-6(5-7)8-12-9/h2-5,9H,1H3. The van der Waals surface area contributed by atoms with E-state index < -0.39 is 9.84 Å². The van der Waals surface area contributed by atoms with Crippen LogP contribution in [-0.4, -0.2) is 27.4 Å². The maximum absolute atomic E-state index is 11.1. The molecule has 0 aliphatic heterocycles. The molecule has 0 saturated heterocycles. The highest BCUT2D eigenvalue weighted by Crippen LogP contribution is 2.04. The van der Waals surface area contributed by atoms with Gasteiger partial charge in [-0.2, -0.15) is 0 Å². The summed E-state index contributed by atoms with van der Waals surface area (Å²) in [5, 5.41) is 8.11. The lowest BCUT2D eigenvalue weighted by atomic mass is 9.89. The van der Waals surface area contributed by atoms with Crippen LogP contribution in [-0.2, 0) is 14.6 Å². The highest BCUT2D eigenvalue weighted by Gasteiger charge is 2.07. The number of rotatable bonds is 3. The zero-order valence-corrected chi connectivity index (χ0v) is 7.78. The summed E-state index contributed by atoms with van der Waals surface area (Å²) in [5.74, 6) is 0. The Morgan fingerprint density at radius 1 is 1.46 bits per heavy atom. The van der Waals surface area contributed by atoms with Crippen LogP contribution < -0.4 is 5.46 Å². The van der Waals surface area contributed by atoms with Crippen molar-refractivity contribution in [1.29, 1.82) is 0 Å². The van der Waals surface area contributed by atoms with Gasteiger partial charge in [-0.05, 0) is 17.6 Å². The van der Waals surface area contributed by atoms with Crippen molar-refractivity contribution in [2.24, 2.45) is 0 Å². The maximum Gasteiger partial charge on any atom is 0.381 e. The summed E-state index contributed by atoms with van der Waals surface area (Å²) in [6.45, 7) is 0. The first-order valence-corrected chi connectivity index (χ1v) is 5.37. The minimum Gasteiger partial charge on any atom is -0.307 e. The Kier molecular flexibility index (Phi) is 3.08. The molecule has 0 aliphatic carbocycles. The molecule has 0 heterocycles. The number of benzene rings is 1. The van der Waals surface area contributed by atoms with Gasteiger partial charge in [0.2, 0.25) is 0 Å². The van der Waals surface area contributed by atoms with Gasteiger partial charge in [-0.25, -0.2) is 8.42 Å². The second-order valence-electron chi connectivity index (χ2n) is 2.57. The van der Waals surface area contributed by atoms with Crippen molar-refractivity contribution in [2.75, 3.05) is 6.26 Å². The summed E-state index contributed by atoms with van der Waals surface area (Å²) in [6, 6.07) is 6.07. The second-order valence-corrected chi connectivity index (χ2v) is 4.58. The Morgan fingerprint density at radius 3 is 2.69 bits per heavy atom. The average Bonchev–Trinajstić information content (AvgIpc) is 2.04. The largest absolute Gasteiger partial charge is 0.381 e. The fourth-order valence-electron chi connectivity index (χ4n) is 0.879. The fraction of sp³-hybridized carbons (Fsp3) is 0.143. The van der Waals surface area contributed by atoms with Gasteiger partial charge in [0.05, 0.1) is 4.90 Å². The first-order chi connectivity index (χ1) is 6.04. The van der Waals surface area contributed by atoms with Gasteiger partial charge in [-0.3, -0.25) is 5.26 Å². The first kappa shape index (κ1) is 10.2. The third kappa shape index (κ3) is 2.84. The van der Waals surface area contributed by atoms with Crippen molar-refractivity contribution in [3.8, 4) is 0 Å². The fourth-order valence-corrected chi connectivity index (χ4v) is 1.56. The molecule has 1 radical (unpaired) electrons. The minimum absolute atomic E-state index is 0.193. The monoisotopic (exact) mass is 199 g/mol.